The first-order chi connectivity index (χ1) is 16.6. The lowest BCUT2D eigenvalue weighted by Gasteiger charge is -2.13. The minimum atomic E-state index is -0.681. The Bertz CT molecular complexity index is 1260. The van der Waals surface area contributed by atoms with E-state index in [9.17, 15) is 24.0 Å². The third-order valence-electron chi connectivity index (χ3n) is 4.57. The molecule has 35 heavy (non-hydrogen) atoms. The number of carbonyl (C=O) groups excluding carboxylic acids is 5. The first kappa shape index (κ1) is 25.8. The molecule has 0 aromatic heterocycles. The topological polar surface area (TPSA) is 128 Å². The lowest BCUT2D eigenvalue weighted by Crippen LogP contribution is -2.36. The molecule has 0 spiro atoms. The van der Waals surface area contributed by atoms with Crippen LogP contribution in [0, 0.1) is 0 Å². The van der Waals surface area contributed by atoms with E-state index in [1.807, 2.05) is 0 Å². The SMILES string of the molecule is COC(=O)c1cc(NC(=O)CN2C(=O)S/C(=C\c3ccc(OC(C)=O)c(OC)c3)C2=O)ccc1Cl. The molecule has 1 aliphatic heterocycles. The number of esters is 2. The van der Waals surface area contributed by atoms with E-state index in [1.54, 1.807) is 12.1 Å². The van der Waals surface area contributed by atoms with Crippen molar-refractivity contribution in [2.75, 3.05) is 26.1 Å². The summed E-state index contributed by atoms with van der Waals surface area (Å²) >= 11 is 6.64. The molecular formula is C23H19ClN2O8S. The largest absolute Gasteiger partial charge is 0.493 e. The molecule has 0 bridgehead atoms. The van der Waals surface area contributed by atoms with Gasteiger partial charge in [-0.3, -0.25) is 24.1 Å². The summed E-state index contributed by atoms with van der Waals surface area (Å²) in [5.41, 5.74) is 0.808. The summed E-state index contributed by atoms with van der Waals surface area (Å²) in [5.74, 6) is -2.03. The standard InChI is InChI=1S/C23H19ClN2O8S/c1-12(27)34-17-7-4-13(8-18(17)32-2)9-19-21(29)26(23(31)35-19)11-20(28)25-14-5-6-16(24)15(10-14)22(30)33-3/h4-10H,11H2,1-3H3,(H,25,28)/b19-9-. The minimum absolute atomic E-state index is 0.0521. The number of carbonyl (C=O) groups is 5. The van der Waals surface area contributed by atoms with E-state index in [-0.39, 0.29) is 32.7 Å². The number of nitrogens with zero attached hydrogens (tertiary/aromatic N) is 1. The van der Waals surface area contributed by atoms with Gasteiger partial charge >= 0.3 is 11.9 Å². The van der Waals surface area contributed by atoms with E-state index < -0.39 is 35.5 Å². The summed E-state index contributed by atoms with van der Waals surface area (Å²) in [6, 6.07) is 8.82. The van der Waals surface area contributed by atoms with Crippen molar-refractivity contribution in [3.63, 3.8) is 0 Å². The zero-order valence-corrected chi connectivity index (χ0v) is 20.3. The number of nitrogens with one attached hydrogen (secondary N) is 1. The average molecular weight is 519 g/mol. The molecule has 0 atom stereocenters. The van der Waals surface area contributed by atoms with Crippen molar-refractivity contribution >= 4 is 64.1 Å². The first-order valence-electron chi connectivity index (χ1n) is 9.92. The maximum absolute atomic E-state index is 12.8. The van der Waals surface area contributed by atoms with E-state index >= 15 is 0 Å². The molecule has 1 heterocycles. The van der Waals surface area contributed by atoms with Crippen LogP contribution in [-0.2, 0) is 19.1 Å². The van der Waals surface area contributed by atoms with Crippen molar-refractivity contribution < 1.29 is 38.2 Å². The fourth-order valence-electron chi connectivity index (χ4n) is 3.01. The molecule has 10 nitrogen and oxygen atoms in total. The smallest absolute Gasteiger partial charge is 0.339 e. The summed E-state index contributed by atoms with van der Waals surface area (Å²) in [7, 11) is 2.59. The van der Waals surface area contributed by atoms with Gasteiger partial charge in [0.05, 0.1) is 29.7 Å². The van der Waals surface area contributed by atoms with Gasteiger partial charge in [-0.25, -0.2) is 4.79 Å². The quantitative estimate of drug-likeness (QED) is 0.331. The van der Waals surface area contributed by atoms with Crippen molar-refractivity contribution in [1.82, 2.24) is 4.90 Å². The molecule has 1 fully saturated rings. The molecule has 3 rings (SSSR count). The summed E-state index contributed by atoms with van der Waals surface area (Å²) in [6.07, 6.45) is 1.46. The monoisotopic (exact) mass is 518 g/mol. The van der Waals surface area contributed by atoms with Gasteiger partial charge in [0.2, 0.25) is 5.91 Å². The van der Waals surface area contributed by atoms with E-state index in [0.717, 1.165) is 4.90 Å². The Morgan fingerprint density at radius 1 is 1.09 bits per heavy atom. The highest BCUT2D eigenvalue weighted by atomic mass is 35.5. The molecule has 2 aromatic rings. The third-order valence-corrected chi connectivity index (χ3v) is 5.81. The zero-order valence-electron chi connectivity index (χ0n) is 18.7. The number of thioether (sulfide) groups is 1. The van der Waals surface area contributed by atoms with E-state index in [4.69, 9.17) is 21.1 Å². The Labute approximate surface area is 209 Å². The highest BCUT2D eigenvalue weighted by Crippen LogP contribution is 2.34. The van der Waals surface area contributed by atoms with Gasteiger partial charge in [0.25, 0.3) is 11.1 Å². The van der Waals surface area contributed by atoms with Crippen LogP contribution in [-0.4, -0.2) is 54.7 Å². The molecule has 1 N–H and O–H groups in total. The van der Waals surface area contributed by atoms with Crippen LogP contribution < -0.4 is 14.8 Å². The van der Waals surface area contributed by atoms with Gasteiger partial charge in [0.15, 0.2) is 11.5 Å². The third kappa shape index (κ3) is 6.19. The number of hydrogen-bond acceptors (Lipinski definition) is 9. The normalized spacial score (nSPS) is 14.2. The molecule has 0 unspecified atom stereocenters. The van der Waals surface area contributed by atoms with Crippen molar-refractivity contribution in [1.29, 1.82) is 0 Å². The van der Waals surface area contributed by atoms with Crippen LogP contribution in [0.3, 0.4) is 0 Å². The highest BCUT2D eigenvalue weighted by Gasteiger charge is 2.36. The number of amides is 3. The summed E-state index contributed by atoms with van der Waals surface area (Å²) in [6.45, 7) is 0.720. The Morgan fingerprint density at radius 2 is 1.83 bits per heavy atom. The summed E-state index contributed by atoms with van der Waals surface area (Å²) in [5, 5.41) is 2.04. The second kappa shape index (κ2) is 11.1. The summed E-state index contributed by atoms with van der Waals surface area (Å²) in [4.78, 5) is 61.5. The van der Waals surface area contributed by atoms with Crippen LogP contribution in [0.15, 0.2) is 41.3 Å². The van der Waals surface area contributed by atoms with Crippen molar-refractivity contribution in [2.45, 2.75) is 6.92 Å². The van der Waals surface area contributed by atoms with Gasteiger partial charge in [-0.05, 0) is 53.7 Å². The fraction of sp³-hybridized carbons (Fsp3) is 0.174. The maximum Gasteiger partial charge on any atom is 0.339 e. The summed E-state index contributed by atoms with van der Waals surface area (Å²) < 4.78 is 14.9. The second-order valence-electron chi connectivity index (χ2n) is 7.01. The van der Waals surface area contributed by atoms with Crippen LogP contribution in [0.25, 0.3) is 6.08 Å². The molecule has 182 valence electrons. The van der Waals surface area contributed by atoms with Crippen molar-refractivity contribution in [3.05, 3.63) is 57.5 Å². The van der Waals surface area contributed by atoms with Gasteiger partial charge in [0, 0.05) is 12.6 Å². The molecule has 1 aliphatic rings. The van der Waals surface area contributed by atoms with Crippen LogP contribution in [0.1, 0.15) is 22.8 Å². The molecule has 0 aliphatic carbocycles. The average Bonchev–Trinajstić information content (AvgIpc) is 3.07. The molecule has 2 aromatic carbocycles. The number of anilines is 1. The Morgan fingerprint density at radius 3 is 2.49 bits per heavy atom. The number of methoxy groups -OCH3 is 2. The van der Waals surface area contributed by atoms with Gasteiger partial charge < -0.3 is 19.5 Å². The first-order valence-corrected chi connectivity index (χ1v) is 11.1. The lowest BCUT2D eigenvalue weighted by molar-refractivity contribution is -0.132. The predicted molar refractivity (Wildman–Crippen MR) is 128 cm³/mol. The van der Waals surface area contributed by atoms with Gasteiger partial charge in [-0.2, -0.15) is 0 Å². The lowest BCUT2D eigenvalue weighted by atomic mass is 10.2. The van der Waals surface area contributed by atoms with Gasteiger partial charge in [-0.1, -0.05) is 17.7 Å². The second-order valence-corrected chi connectivity index (χ2v) is 8.41. The van der Waals surface area contributed by atoms with Crippen molar-refractivity contribution in [2.24, 2.45) is 0 Å². The zero-order chi connectivity index (χ0) is 25.7. The Hall–Kier alpha value is -3.83. The predicted octanol–water partition coefficient (Wildman–Crippen LogP) is 3.74. The Balaban J connectivity index is 1.72. The highest BCUT2D eigenvalue weighted by molar-refractivity contribution is 8.18. The Kier molecular flexibility index (Phi) is 8.15. The molecule has 1 saturated heterocycles. The number of rotatable bonds is 7. The number of benzene rings is 2. The van der Waals surface area contributed by atoms with Crippen molar-refractivity contribution in [3.8, 4) is 11.5 Å². The van der Waals surface area contributed by atoms with Gasteiger partial charge in [-0.15, -0.1) is 0 Å². The van der Waals surface area contributed by atoms with E-state index in [0.29, 0.717) is 17.3 Å². The van der Waals surface area contributed by atoms with Crippen LogP contribution >= 0.6 is 23.4 Å². The number of imide groups is 1. The maximum atomic E-state index is 12.8. The molecule has 0 radical (unpaired) electrons. The minimum Gasteiger partial charge on any atom is -0.493 e. The van der Waals surface area contributed by atoms with Crippen LogP contribution in [0.4, 0.5) is 10.5 Å². The van der Waals surface area contributed by atoms with Crippen LogP contribution in [0.5, 0.6) is 11.5 Å². The molecule has 3 amide bonds. The number of halogens is 1. The van der Waals surface area contributed by atoms with E-state index in [2.05, 4.69) is 10.1 Å². The van der Waals surface area contributed by atoms with E-state index in [1.165, 1.54) is 51.5 Å². The molecule has 0 saturated carbocycles. The fourth-order valence-corrected chi connectivity index (χ4v) is 4.05. The van der Waals surface area contributed by atoms with Gasteiger partial charge in [0.1, 0.15) is 6.54 Å². The number of ether oxygens (including phenoxy) is 3. The number of hydrogen-bond donors (Lipinski definition) is 1. The molecule has 12 heteroatoms. The van der Waals surface area contributed by atoms with Crippen LogP contribution in [0.2, 0.25) is 5.02 Å². The molecular weight excluding hydrogens is 500 g/mol.